The van der Waals surface area contributed by atoms with Crippen LogP contribution < -0.4 is 15.4 Å². The van der Waals surface area contributed by atoms with E-state index in [4.69, 9.17) is 4.74 Å². The molecule has 0 bridgehead atoms. The largest absolute Gasteiger partial charge is 0.438 e. The minimum atomic E-state index is -0.599. The van der Waals surface area contributed by atoms with Crippen molar-refractivity contribution >= 4 is 23.6 Å². The molecular formula is C23H28FN3O3S. The SMILES string of the molecule is CCCC(=O)N[C@H]1CC[C@@H](NC(=O)c2cc(F)cnc2Oc2cccc(SC)c2)CC1. The number of pyridine rings is 1. The van der Waals surface area contributed by atoms with E-state index in [0.717, 1.165) is 49.3 Å². The molecule has 31 heavy (non-hydrogen) atoms. The topological polar surface area (TPSA) is 80.3 Å². The Morgan fingerprint density at radius 1 is 1.16 bits per heavy atom. The van der Waals surface area contributed by atoms with Crippen LogP contribution in [0.5, 0.6) is 11.6 Å². The Bertz CT molecular complexity index is 917. The van der Waals surface area contributed by atoms with E-state index in [-0.39, 0.29) is 29.4 Å². The summed E-state index contributed by atoms with van der Waals surface area (Å²) in [5, 5.41) is 6.01. The van der Waals surface area contributed by atoms with E-state index in [0.29, 0.717) is 12.2 Å². The second kappa shape index (κ2) is 11.1. The number of ether oxygens (including phenoxy) is 1. The average Bonchev–Trinajstić information content (AvgIpc) is 2.76. The molecule has 1 heterocycles. The Labute approximate surface area is 186 Å². The highest BCUT2D eigenvalue weighted by molar-refractivity contribution is 7.98. The van der Waals surface area contributed by atoms with E-state index in [2.05, 4.69) is 15.6 Å². The van der Waals surface area contributed by atoms with Crippen molar-refractivity contribution in [3.8, 4) is 11.6 Å². The first-order valence-electron chi connectivity index (χ1n) is 10.6. The van der Waals surface area contributed by atoms with Gasteiger partial charge < -0.3 is 15.4 Å². The van der Waals surface area contributed by atoms with Crippen molar-refractivity contribution in [2.45, 2.75) is 62.4 Å². The molecule has 2 N–H and O–H groups in total. The van der Waals surface area contributed by atoms with Gasteiger partial charge in [0.05, 0.1) is 6.20 Å². The summed E-state index contributed by atoms with van der Waals surface area (Å²) < 4.78 is 19.6. The zero-order valence-corrected chi connectivity index (χ0v) is 18.6. The van der Waals surface area contributed by atoms with Gasteiger partial charge in [0.25, 0.3) is 5.91 Å². The lowest BCUT2D eigenvalue weighted by molar-refractivity contribution is -0.122. The predicted octanol–water partition coefficient (Wildman–Crippen LogP) is 4.69. The molecule has 166 valence electrons. The number of nitrogens with one attached hydrogen (secondary N) is 2. The molecule has 3 rings (SSSR count). The van der Waals surface area contributed by atoms with Crippen LogP contribution in [0.1, 0.15) is 55.8 Å². The minimum Gasteiger partial charge on any atom is -0.438 e. The van der Waals surface area contributed by atoms with Gasteiger partial charge in [-0.05, 0) is 62.6 Å². The molecule has 1 aromatic heterocycles. The Morgan fingerprint density at radius 3 is 2.55 bits per heavy atom. The van der Waals surface area contributed by atoms with Crippen LogP contribution in [0.3, 0.4) is 0 Å². The first kappa shape index (κ1) is 23.1. The van der Waals surface area contributed by atoms with Crippen molar-refractivity contribution in [1.82, 2.24) is 15.6 Å². The number of amides is 2. The highest BCUT2D eigenvalue weighted by Gasteiger charge is 2.25. The van der Waals surface area contributed by atoms with E-state index >= 15 is 0 Å². The second-order valence-corrected chi connectivity index (χ2v) is 8.51. The van der Waals surface area contributed by atoms with Crippen LogP contribution in [0.25, 0.3) is 0 Å². The van der Waals surface area contributed by atoms with Crippen molar-refractivity contribution in [3.63, 3.8) is 0 Å². The van der Waals surface area contributed by atoms with Crippen molar-refractivity contribution in [2.75, 3.05) is 6.26 Å². The van der Waals surface area contributed by atoms with Gasteiger partial charge >= 0.3 is 0 Å². The molecule has 1 aromatic carbocycles. The zero-order chi connectivity index (χ0) is 22.2. The number of nitrogens with zero attached hydrogens (tertiary/aromatic N) is 1. The second-order valence-electron chi connectivity index (χ2n) is 7.63. The summed E-state index contributed by atoms with van der Waals surface area (Å²) in [6, 6.07) is 8.65. The van der Waals surface area contributed by atoms with Crippen LogP contribution in [0.15, 0.2) is 41.4 Å². The number of benzene rings is 1. The van der Waals surface area contributed by atoms with Crippen LogP contribution in [-0.2, 0) is 4.79 Å². The molecule has 0 radical (unpaired) electrons. The van der Waals surface area contributed by atoms with Gasteiger partial charge in [0.2, 0.25) is 11.8 Å². The number of hydrogen-bond donors (Lipinski definition) is 2. The smallest absolute Gasteiger partial charge is 0.257 e. The maximum atomic E-state index is 13.8. The summed E-state index contributed by atoms with van der Waals surface area (Å²) in [6.45, 7) is 1.98. The van der Waals surface area contributed by atoms with Crippen LogP contribution in [0.4, 0.5) is 4.39 Å². The predicted molar refractivity (Wildman–Crippen MR) is 119 cm³/mol. The maximum Gasteiger partial charge on any atom is 0.257 e. The Kier molecular flexibility index (Phi) is 8.28. The molecule has 0 spiro atoms. The van der Waals surface area contributed by atoms with Gasteiger partial charge in [-0.1, -0.05) is 13.0 Å². The van der Waals surface area contributed by atoms with Gasteiger partial charge in [-0.25, -0.2) is 9.37 Å². The highest BCUT2D eigenvalue weighted by atomic mass is 32.2. The molecule has 0 aliphatic heterocycles. The number of rotatable bonds is 8. The van der Waals surface area contributed by atoms with Crippen LogP contribution >= 0.6 is 11.8 Å². The third kappa shape index (κ3) is 6.69. The fraction of sp³-hybridized carbons (Fsp3) is 0.435. The molecule has 1 aliphatic rings. The first-order chi connectivity index (χ1) is 15.0. The molecule has 6 nitrogen and oxygen atoms in total. The molecule has 2 amide bonds. The Morgan fingerprint density at radius 2 is 1.87 bits per heavy atom. The molecule has 8 heteroatoms. The zero-order valence-electron chi connectivity index (χ0n) is 17.8. The van der Waals surface area contributed by atoms with Crippen molar-refractivity contribution in [2.24, 2.45) is 0 Å². The monoisotopic (exact) mass is 445 g/mol. The lowest BCUT2D eigenvalue weighted by Crippen LogP contribution is -2.43. The van der Waals surface area contributed by atoms with Crippen molar-refractivity contribution in [3.05, 3.63) is 47.9 Å². The third-order valence-electron chi connectivity index (χ3n) is 5.22. The van der Waals surface area contributed by atoms with Gasteiger partial charge in [0.1, 0.15) is 17.1 Å². The van der Waals surface area contributed by atoms with E-state index in [1.165, 1.54) is 0 Å². The number of aromatic nitrogens is 1. The van der Waals surface area contributed by atoms with E-state index in [1.807, 2.05) is 31.4 Å². The number of carbonyl (C=O) groups is 2. The molecule has 0 saturated heterocycles. The summed E-state index contributed by atoms with van der Waals surface area (Å²) in [5.41, 5.74) is 0.0629. The molecule has 0 unspecified atom stereocenters. The standard InChI is InChI=1S/C23H28FN3O3S/c1-3-5-21(28)26-16-8-10-17(11-9-16)27-22(29)20-12-15(24)14-25-23(20)30-18-6-4-7-19(13-18)31-2/h4,6-7,12-14,16-17H,3,5,8-11H2,1-2H3,(H,26,28)(H,27,29)/t16-,17+. The fourth-order valence-electron chi connectivity index (χ4n) is 3.62. The summed E-state index contributed by atoms with van der Waals surface area (Å²) in [7, 11) is 0. The van der Waals surface area contributed by atoms with Crippen LogP contribution in [0, 0.1) is 5.82 Å². The lowest BCUT2D eigenvalue weighted by Gasteiger charge is -2.29. The molecule has 1 fully saturated rings. The van der Waals surface area contributed by atoms with Crippen LogP contribution in [-0.4, -0.2) is 35.1 Å². The normalized spacial score (nSPS) is 18.3. The summed E-state index contributed by atoms with van der Waals surface area (Å²) >= 11 is 1.57. The highest BCUT2D eigenvalue weighted by Crippen LogP contribution is 2.27. The van der Waals surface area contributed by atoms with E-state index in [9.17, 15) is 14.0 Å². The van der Waals surface area contributed by atoms with Gasteiger partial charge in [-0.15, -0.1) is 11.8 Å². The van der Waals surface area contributed by atoms with E-state index in [1.54, 1.807) is 17.8 Å². The Balaban J connectivity index is 1.63. The Hall–Kier alpha value is -2.61. The van der Waals surface area contributed by atoms with Crippen molar-refractivity contribution < 1.29 is 18.7 Å². The molecule has 1 saturated carbocycles. The maximum absolute atomic E-state index is 13.8. The number of thioether (sulfide) groups is 1. The third-order valence-corrected chi connectivity index (χ3v) is 5.95. The average molecular weight is 446 g/mol. The first-order valence-corrected chi connectivity index (χ1v) is 11.8. The van der Waals surface area contributed by atoms with Crippen molar-refractivity contribution in [1.29, 1.82) is 0 Å². The molecule has 2 aromatic rings. The van der Waals surface area contributed by atoms with Gasteiger partial charge in [0.15, 0.2) is 0 Å². The van der Waals surface area contributed by atoms with Crippen LogP contribution in [0.2, 0.25) is 0 Å². The van der Waals surface area contributed by atoms with E-state index < -0.39 is 11.7 Å². The molecule has 1 aliphatic carbocycles. The van der Waals surface area contributed by atoms with Gasteiger partial charge in [-0.2, -0.15) is 0 Å². The molecule has 0 atom stereocenters. The van der Waals surface area contributed by atoms with Gasteiger partial charge in [0, 0.05) is 23.4 Å². The summed E-state index contributed by atoms with van der Waals surface area (Å²) in [5.74, 6) is -0.339. The number of hydrogen-bond acceptors (Lipinski definition) is 5. The summed E-state index contributed by atoms with van der Waals surface area (Å²) in [6.07, 6.45) is 7.44. The quantitative estimate of drug-likeness (QED) is 0.576. The van der Waals surface area contributed by atoms with Gasteiger partial charge in [-0.3, -0.25) is 9.59 Å². The summed E-state index contributed by atoms with van der Waals surface area (Å²) in [4.78, 5) is 29.6. The lowest BCUT2D eigenvalue weighted by atomic mass is 9.91. The number of halogens is 1. The number of carbonyl (C=O) groups excluding carboxylic acids is 2. The molecular weight excluding hydrogens is 417 g/mol. The fourth-order valence-corrected chi connectivity index (χ4v) is 4.07. The minimum absolute atomic E-state index is 0.0391.